The van der Waals surface area contributed by atoms with Crippen LogP contribution < -0.4 is 4.90 Å². The van der Waals surface area contributed by atoms with Crippen molar-refractivity contribution in [3.8, 4) is 11.5 Å². The number of nitrogens with zero attached hydrogens (tertiary/aromatic N) is 5. The third kappa shape index (κ3) is 4.87. The van der Waals surface area contributed by atoms with Crippen LogP contribution in [0.15, 0.2) is 77.2 Å². The number of rotatable bonds is 6. The van der Waals surface area contributed by atoms with Gasteiger partial charge in [-0.3, -0.25) is 15.0 Å². The summed E-state index contributed by atoms with van der Waals surface area (Å²) in [6.07, 6.45) is 0. The Morgan fingerprint density at radius 3 is 2.29 bits per heavy atom. The van der Waals surface area contributed by atoms with E-state index < -0.39 is 4.92 Å². The summed E-state index contributed by atoms with van der Waals surface area (Å²) in [6.45, 7) is 2.73. The number of hydrogen-bond acceptors (Lipinski definition) is 7. The number of non-ortho nitro benzene ring substituents is 1. The van der Waals surface area contributed by atoms with E-state index in [9.17, 15) is 14.5 Å². The van der Waals surface area contributed by atoms with Gasteiger partial charge >= 0.3 is 0 Å². The Labute approximate surface area is 205 Å². The molecule has 0 N–H and O–H groups in total. The van der Waals surface area contributed by atoms with Crippen molar-refractivity contribution in [2.45, 2.75) is 6.04 Å². The van der Waals surface area contributed by atoms with Crippen molar-refractivity contribution in [2.24, 2.45) is 0 Å². The third-order valence-electron chi connectivity index (χ3n) is 6.07. The van der Waals surface area contributed by atoms with E-state index in [0.717, 1.165) is 11.3 Å². The minimum atomic E-state index is -0.406. The molecule has 1 unspecified atom stereocenters. The summed E-state index contributed by atoms with van der Waals surface area (Å²) in [5.41, 5.74) is 2.47. The summed E-state index contributed by atoms with van der Waals surface area (Å²) in [7, 11) is 0. The van der Waals surface area contributed by atoms with Crippen LogP contribution in [0.2, 0.25) is 5.02 Å². The van der Waals surface area contributed by atoms with Crippen molar-refractivity contribution < 1.29 is 13.7 Å². The fraction of sp³-hybridized carbons (Fsp3) is 0.200. The number of aromatic nitrogens is 2. The number of halogens is 2. The third-order valence-corrected chi connectivity index (χ3v) is 6.40. The summed E-state index contributed by atoms with van der Waals surface area (Å²) in [6, 6.07) is 19.7. The van der Waals surface area contributed by atoms with Gasteiger partial charge in [-0.25, -0.2) is 4.39 Å². The molecule has 4 aromatic rings. The fourth-order valence-electron chi connectivity index (χ4n) is 4.27. The first-order valence-corrected chi connectivity index (χ1v) is 11.4. The summed E-state index contributed by atoms with van der Waals surface area (Å²) in [5.74, 6) is 0.398. The van der Waals surface area contributed by atoms with E-state index in [2.05, 4.69) is 20.0 Å². The van der Waals surface area contributed by atoms with Crippen molar-refractivity contribution in [3.63, 3.8) is 0 Å². The molecule has 3 aromatic carbocycles. The monoisotopic (exact) mass is 493 g/mol. The smallest absolute Gasteiger partial charge is 0.269 e. The number of nitro benzene ring substituents is 1. The standard InChI is InChI=1S/C25H21ClFN5O3/c26-22-4-2-1-3-21(22)24-28-29-25(35-24)23(17-5-7-18(27)8-6-17)31-15-13-30(14-16-31)19-9-11-20(12-10-19)32(33)34/h1-12,23H,13-16H2. The van der Waals surface area contributed by atoms with Crippen molar-refractivity contribution in [1.82, 2.24) is 15.1 Å². The lowest BCUT2D eigenvalue weighted by Gasteiger charge is -2.39. The first-order chi connectivity index (χ1) is 17.0. The molecule has 10 heteroatoms. The van der Waals surface area contributed by atoms with Gasteiger partial charge in [0.1, 0.15) is 11.9 Å². The Morgan fingerprint density at radius 2 is 1.63 bits per heavy atom. The molecule has 0 saturated carbocycles. The van der Waals surface area contributed by atoms with Gasteiger partial charge < -0.3 is 9.32 Å². The Kier molecular flexibility index (Phi) is 6.43. The van der Waals surface area contributed by atoms with Crippen LogP contribution in [-0.2, 0) is 0 Å². The van der Waals surface area contributed by atoms with Gasteiger partial charge in [0.25, 0.3) is 5.69 Å². The van der Waals surface area contributed by atoms with E-state index >= 15 is 0 Å². The maximum atomic E-state index is 13.7. The van der Waals surface area contributed by atoms with Crippen molar-refractivity contribution >= 4 is 23.0 Å². The molecule has 1 atom stereocenters. The quantitative estimate of drug-likeness (QED) is 0.264. The van der Waals surface area contributed by atoms with Gasteiger partial charge in [0.15, 0.2) is 0 Å². The summed E-state index contributed by atoms with van der Waals surface area (Å²) in [4.78, 5) is 14.9. The average Bonchev–Trinajstić information content (AvgIpc) is 3.35. The van der Waals surface area contributed by atoms with Crippen LogP contribution in [0, 0.1) is 15.9 Å². The normalized spacial score (nSPS) is 15.2. The molecular weight excluding hydrogens is 473 g/mol. The minimum absolute atomic E-state index is 0.0643. The molecule has 0 spiro atoms. The minimum Gasteiger partial charge on any atom is -0.419 e. The molecule has 0 radical (unpaired) electrons. The molecule has 1 aliphatic rings. The van der Waals surface area contributed by atoms with E-state index in [1.807, 2.05) is 18.2 Å². The highest BCUT2D eigenvalue weighted by Crippen LogP contribution is 2.33. The molecular formula is C25H21ClFN5O3. The zero-order chi connectivity index (χ0) is 24.4. The number of piperazine rings is 1. The van der Waals surface area contributed by atoms with Crippen LogP contribution in [0.1, 0.15) is 17.5 Å². The molecule has 178 valence electrons. The molecule has 0 amide bonds. The zero-order valence-electron chi connectivity index (χ0n) is 18.6. The van der Waals surface area contributed by atoms with Gasteiger partial charge in [0.05, 0.1) is 15.5 Å². The van der Waals surface area contributed by atoms with Crippen LogP contribution in [0.25, 0.3) is 11.5 Å². The summed E-state index contributed by atoms with van der Waals surface area (Å²) >= 11 is 6.31. The summed E-state index contributed by atoms with van der Waals surface area (Å²) < 4.78 is 19.7. The molecule has 2 heterocycles. The van der Waals surface area contributed by atoms with Crippen LogP contribution in [0.4, 0.5) is 15.8 Å². The van der Waals surface area contributed by atoms with Gasteiger partial charge in [-0.1, -0.05) is 35.9 Å². The molecule has 0 aliphatic carbocycles. The lowest BCUT2D eigenvalue weighted by molar-refractivity contribution is -0.384. The molecule has 1 aliphatic heterocycles. The molecule has 5 rings (SSSR count). The highest BCUT2D eigenvalue weighted by molar-refractivity contribution is 6.33. The van der Waals surface area contributed by atoms with Gasteiger partial charge in [-0.2, -0.15) is 0 Å². The Bertz CT molecular complexity index is 1320. The van der Waals surface area contributed by atoms with Gasteiger partial charge in [-0.05, 0) is 42.0 Å². The Hall–Kier alpha value is -3.82. The Morgan fingerprint density at radius 1 is 0.943 bits per heavy atom. The van der Waals surface area contributed by atoms with E-state index in [1.165, 1.54) is 24.3 Å². The highest BCUT2D eigenvalue weighted by atomic mass is 35.5. The SMILES string of the molecule is O=[N+]([O-])c1ccc(N2CCN(C(c3ccc(F)cc3)c3nnc(-c4ccccc4Cl)o3)CC2)cc1. The van der Waals surface area contributed by atoms with E-state index in [1.54, 1.807) is 30.3 Å². The highest BCUT2D eigenvalue weighted by Gasteiger charge is 2.31. The zero-order valence-corrected chi connectivity index (χ0v) is 19.3. The Balaban J connectivity index is 1.39. The number of benzene rings is 3. The second-order valence-electron chi connectivity index (χ2n) is 8.18. The predicted molar refractivity (Wildman–Crippen MR) is 130 cm³/mol. The molecule has 1 saturated heterocycles. The molecule has 35 heavy (non-hydrogen) atoms. The average molecular weight is 494 g/mol. The van der Waals surface area contributed by atoms with E-state index in [0.29, 0.717) is 48.5 Å². The van der Waals surface area contributed by atoms with Crippen molar-refractivity contribution in [3.05, 3.63) is 105 Å². The fourth-order valence-corrected chi connectivity index (χ4v) is 4.48. The van der Waals surface area contributed by atoms with Crippen LogP contribution >= 0.6 is 11.6 Å². The lowest BCUT2D eigenvalue weighted by Crippen LogP contribution is -2.48. The lowest BCUT2D eigenvalue weighted by atomic mass is 10.0. The number of nitro groups is 1. The van der Waals surface area contributed by atoms with E-state index in [4.69, 9.17) is 16.0 Å². The topological polar surface area (TPSA) is 88.5 Å². The second kappa shape index (κ2) is 9.81. The van der Waals surface area contributed by atoms with Crippen molar-refractivity contribution in [2.75, 3.05) is 31.1 Å². The van der Waals surface area contributed by atoms with E-state index in [-0.39, 0.29) is 17.5 Å². The maximum Gasteiger partial charge on any atom is 0.269 e. The molecule has 1 fully saturated rings. The van der Waals surface area contributed by atoms with Gasteiger partial charge in [-0.15, -0.1) is 10.2 Å². The number of hydrogen-bond donors (Lipinski definition) is 0. The largest absolute Gasteiger partial charge is 0.419 e. The van der Waals surface area contributed by atoms with Gasteiger partial charge in [0.2, 0.25) is 11.8 Å². The molecule has 8 nitrogen and oxygen atoms in total. The predicted octanol–water partition coefficient (Wildman–Crippen LogP) is 5.35. The van der Waals surface area contributed by atoms with Crippen LogP contribution in [0.5, 0.6) is 0 Å². The molecule has 0 bridgehead atoms. The van der Waals surface area contributed by atoms with Gasteiger partial charge in [0, 0.05) is 44.0 Å². The number of anilines is 1. The molecule has 1 aromatic heterocycles. The first kappa shape index (κ1) is 22.9. The second-order valence-corrected chi connectivity index (χ2v) is 8.58. The van der Waals surface area contributed by atoms with Crippen LogP contribution in [0.3, 0.4) is 0 Å². The van der Waals surface area contributed by atoms with Crippen LogP contribution in [-0.4, -0.2) is 46.2 Å². The summed E-state index contributed by atoms with van der Waals surface area (Å²) in [5, 5.41) is 20.0. The van der Waals surface area contributed by atoms with Crippen molar-refractivity contribution in [1.29, 1.82) is 0 Å². The maximum absolute atomic E-state index is 13.7. The first-order valence-electron chi connectivity index (χ1n) is 11.1.